The molecule has 112 valence electrons. The van der Waals surface area contributed by atoms with Crippen molar-refractivity contribution in [3.8, 4) is 5.75 Å². The van der Waals surface area contributed by atoms with Crippen LogP contribution in [-0.2, 0) is 0 Å². The number of anilines is 2. The quantitative estimate of drug-likeness (QED) is 0.897. The first-order valence-electron chi connectivity index (χ1n) is 6.81. The lowest BCUT2D eigenvalue weighted by Gasteiger charge is -2.13. The summed E-state index contributed by atoms with van der Waals surface area (Å²) in [6.07, 6.45) is 0.127. The van der Waals surface area contributed by atoms with Crippen LogP contribution in [0, 0.1) is 13.8 Å². The van der Waals surface area contributed by atoms with Crippen LogP contribution in [0.15, 0.2) is 24.3 Å². The Kier molecular flexibility index (Phi) is 4.53. The summed E-state index contributed by atoms with van der Waals surface area (Å²) < 4.78 is 5.63. The van der Waals surface area contributed by atoms with Gasteiger partial charge in [-0.2, -0.15) is 0 Å². The Balaban J connectivity index is 2.14. The van der Waals surface area contributed by atoms with Gasteiger partial charge in [0.1, 0.15) is 5.75 Å². The summed E-state index contributed by atoms with van der Waals surface area (Å²) in [7, 11) is 0. The monoisotopic (exact) mass is 304 g/mol. The van der Waals surface area contributed by atoms with E-state index >= 15 is 0 Å². The zero-order chi connectivity index (χ0) is 15.6. The summed E-state index contributed by atoms with van der Waals surface area (Å²) >= 11 is 1.40. The molecule has 0 fully saturated rings. The SMILES string of the molecule is Cc1cc(OC(C)C)ccc1NC(=O)c1cc(N)c(C)s1. The number of hydrogen-bond acceptors (Lipinski definition) is 4. The molecule has 2 aromatic rings. The van der Waals surface area contributed by atoms with Crippen molar-refractivity contribution < 1.29 is 9.53 Å². The van der Waals surface area contributed by atoms with E-state index in [1.165, 1.54) is 11.3 Å². The summed E-state index contributed by atoms with van der Waals surface area (Å²) in [6.45, 7) is 7.81. The lowest BCUT2D eigenvalue weighted by atomic mass is 10.2. The van der Waals surface area contributed by atoms with Crippen LogP contribution < -0.4 is 15.8 Å². The minimum Gasteiger partial charge on any atom is -0.491 e. The first-order valence-corrected chi connectivity index (χ1v) is 7.63. The van der Waals surface area contributed by atoms with Crippen LogP contribution in [0.4, 0.5) is 11.4 Å². The maximum atomic E-state index is 12.2. The number of aryl methyl sites for hydroxylation is 2. The first kappa shape index (κ1) is 15.4. The molecule has 1 aromatic carbocycles. The molecule has 5 heteroatoms. The maximum absolute atomic E-state index is 12.2. The lowest BCUT2D eigenvalue weighted by molar-refractivity contribution is 0.103. The molecule has 0 bridgehead atoms. The van der Waals surface area contributed by atoms with E-state index in [9.17, 15) is 4.79 Å². The van der Waals surface area contributed by atoms with Crippen LogP contribution in [0.25, 0.3) is 0 Å². The van der Waals surface area contributed by atoms with Gasteiger partial charge >= 0.3 is 0 Å². The molecule has 0 radical (unpaired) electrons. The average molecular weight is 304 g/mol. The fraction of sp³-hybridized carbons (Fsp3) is 0.312. The van der Waals surface area contributed by atoms with E-state index in [1.54, 1.807) is 6.07 Å². The van der Waals surface area contributed by atoms with E-state index in [0.717, 1.165) is 21.9 Å². The van der Waals surface area contributed by atoms with Gasteiger partial charge in [0.2, 0.25) is 0 Å². The number of nitrogens with two attached hydrogens (primary N) is 1. The van der Waals surface area contributed by atoms with Crippen molar-refractivity contribution >= 4 is 28.6 Å². The van der Waals surface area contributed by atoms with E-state index in [1.807, 2.05) is 45.9 Å². The van der Waals surface area contributed by atoms with Crippen LogP contribution >= 0.6 is 11.3 Å². The standard InChI is InChI=1S/C16H20N2O2S/c1-9(2)20-12-5-6-14(10(3)7-12)18-16(19)15-8-13(17)11(4)21-15/h5-9H,17H2,1-4H3,(H,18,19). The predicted molar refractivity (Wildman–Crippen MR) is 88.4 cm³/mol. The van der Waals surface area contributed by atoms with Gasteiger partial charge in [-0.3, -0.25) is 4.79 Å². The third-order valence-electron chi connectivity index (χ3n) is 3.00. The Hall–Kier alpha value is -2.01. The molecule has 4 nitrogen and oxygen atoms in total. The number of benzene rings is 1. The number of carbonyl (C=O) groups is 1. The topological polar surface area (TPSA) is 64.3 Å². The minimum absolute atomic E-state index is 0.127. The van der Waals surface area contributed by atoms with Gasteiger partial charge in [0.05, 0.1) is 11.0 Å². The number of rotatable bonds is 4. The molecule has 1 aromatic heterocycles. The van der Waals surface area contributed by atoms with E-state index in [4.69, 9.17) is 10.5 Å². The fourth-order valence-electron chi connectivity index (χ4n) is 1.91. The van der Waals surface area contributed by atoms with E-state index in [2.05, 4.69) is 5.32 Å². The van der Waals surface area contributed by atoms with Crippen LogP contribution in [0.1, 0.15) is 34.0 Å². The van der Waals surface area contributed by atoms with Gasteiger partial charge in [0.25, 0.3) is 5.91 Å². The van der Waals surface area contributed by atoms with Crippen molar-refractivity contribution in [3.63, 3.8) is 0 Å². The molecule has 0 atom stereocenters. The second-order valence-electron chi connectivity index (χ2n) is 5.22. The average Bonchev–Trinajstić information content (AvgIpc) is 2.72. The van der Waals surface area contributed by atoms with Crippen molar-refractivity contribution in [1.29, 1.82) is 0 Å². The predicted octanol–water partition coefficient (Wildman–Crippen LogP) is 3.99. The highest BCUT2D eigenvalue weighted by Gasteiger charge is 2.12. The third kappa shape index (κ3) is 3.76. The number of thiophene rings is 1. The molecule has 0 aliphatic heterocycles. The molecular weight excluding hydrogens is 284 g/mol. The Morgan fingerprint density at radius 3 is 2.52 bits per heavy atom. The molecule has 0 saturated heterocycles. The van der Waals surface area contributed by atoms with Crippen LogP contribution in [-0.4, -0.2) is 12.0 Å². The van der Waals surface area contributed by atoms with Crippen molar-refractivity contribution in [3.05, 3.63) is 39.6 Å². The normalized spacial score (nSPS) is 10.7. The second kappa shape index (κ2) is 6.18. The number of hydrogen-bond donors (Lipinski definition) is 2. The van der Waals surface area contributed by atoms with Crippen LogP contribution in [0.5, 0.6) is 5.75 Å². The summed E-state index contributed by atoms with van der Waals surface area (Å²) in [6, 6.07) is 7.34. The summed E-state index contributed by atoms with van der Waals surface area (Å²) in [5.41, 5.74) is 8.18. The highest BCUT2D eigenvalue weighted by atomic mass is 32.1. The Bertz CT molecular complexity index is 643. The Morgan fingerprint density at radius 2 is 2.00 bits per heavy atom. The van der Waals surface area contributed by atoms with Crippen LogP contribution in [0.2, 0.25) is 0 Å². The zero-order valence-corrected chi connectivity index (χ0v) is 13.5. The van der Waals surface area contributed by atoms with Crippen molar-refractivity contribution in [2.45, 2.75) is 33.8 Å². The molecule has 1 heterocycles. The molecule has 0 saturated carbocycles. The smallest absolute Gasteiger partial charge is 0.265 e. The molecule has 0 unspecified atom stereocenters. The zero-order valence-electron chi connectivity index (χ0n) is 12.7. The number of carbonyl (C=O) groups excluding carboxylic acids is 1. The molecule has 0 aliphatic carbocycles. The third-order valence-corrected chi connectivity index (χ3v) is 4.06. The second-order valence-corrected chi connectivity index (χ2v) is 6.48. The Morgan fingerprint density at radius 1 is 1.29 bits per heavy atom. The van der Waals surface area contributed by atoms with Gasteiger partial charge in [-0.25, -0.2) is 0 Å². The molecule has 21 heavy (non-hydrogen) atoms. The molecule has 2 rings (SSSR count). The van der Waals surface area contributed by atoms with Gasteiger partial charge in [-0.15, -0.1) is 11.3 Å². The van der Waals surface area contributed by atoms with Gasteiger partial charge in [0, 0.05) is 16.3 Å². The van der Waals surface area contributed by atoms with Gasteiger partial charge < -0.3 is 15.8 Å². The lowest BCUT2D eigenvalue weighted by Crippen LogP contribution is -2.11. The van der Waals surface area contributed by atoms with Crippen molar-refractivity contribution in [2.24, 2.45) is 0 Å². The van der Waals surface area contributed by atoms with Crippen molar-refractivity contribution in [2.75, 3.05) is 11.1 Å². The summed E-state index contributed by atoms with van der Waals surface area (Å²) in [4.78, 5) is 13.8. The highest BCUT2D eigenvalue weighted by molar-refractivity contribution is 7.14. The highest BCUT2D eigenvalue weighted by Crippen LogP contribution is 2.26. The van der Waals surface area contributed by atoms with Gasteiger partial charge in [-0.1, -0.05) is 0 Å². The summed E-state index contributed by atoms with van der Waals surface area (Å²) in [5, 5.41) is 2.91. The van der Waals surface area contributed by atoms with Gasteiger partial charge in [-0.05, 0) is 57.5 Å². The number of nitrogens with one attached hydrogen (secondary N) is 1. The molecule has 0 spiro atoms. The summed E-state index contributed by atoms with van der Waals surface area (Å²) in [5.74, 6) is 0.664. The number of ether oxygens (including phenoxy) is 1. The maximum Gasteiger partial charge on any atom is 0.265 e. The number of nitrogen functional groups attached to an aromatic ring is 1. The first-order chi connectivity index (χ1) is 9.86. The minimum atomic E-state index is -0.138. The largest absolute Gasteiger partial charge is 0.491 e. The van der Waals surface area contributed by atoms with Crippen LogP contribution in [0.3, 0.4) is 0 Å². The fourth-order valence-corrected chi connectivity index (χ4v) is 2.75. The number of amides is 1. The molecular formula is C16H20N2O2S. The van der Waals surface area contributed by atoms with E-state index in [-0.39, 0.29) is 12.0 Å². The molecule has 3 N–H and O–H groups in total. The van der Waals surface area contributed by atoms with Crippen molar-refractivity contribution in [1.82, 2.24) is 0 Å². The van der Waals surface area contributed by atoms with E-state index < -0.39 is 0 Å². The van der Waals surface area contributed by atoms with E-state index in [0.29, 0.717) is 10.6 Å². The van der Waals surface area contributed by atoms with Gasteiger partial charge in [0.15, 0.2) is 0 Å². The Labute approximate surface area is 128 Å². The molecule has 1 amide bonds. The molecule has 0 aliphatic rings.